The molecule has 0 bridgehead atoms. The Hall–Kier alpha value is -2.37. The third-order valence-corrected chi connectivity index (χ3v) is 5.62. The third kappa shape index (κ3) is 6.58. The van der Waals surface area contributed by atoms with Gasteiger partial charge in [0.2, 0.25) is 11.8 Å². The number of nitrogens with one attached hydrogen (secondary N) is 2. The van der Waals surface area contributed by atoms with Gasteiger partial charge in [0.25, 0.3) is 0 Å². The second kappa shape index (κ2) is 11.0. The molecule has 1 aliphatic rings. The lowest BCUT2D eigenvalue weighted by Crippen LogP contribution is -2.56. The van der Waals surface area contributed by atoms with E-state index in [1.165, 1.54) is 5.56 Å². The molecule has 2 aromatic rings. The first kappa shape index (κ1) is 21.3. The first-order valence-electron chi connectivity index (χ1n) is 10.2. The van der Waals surface area contributed by atoms with E-state index in [0.717, 1.165) is 31.5 Å². The van der Waals surface area contributed by atoms with Crippen molar-refractivity contribution in [2.45, 2.75) is 31.7 Å². The summed E-state index contributed by atoms with van der Waals surface area (Å²) in [5.41, 5.74) is 2.30. The molecule has 2 N–H and O–H groups in total. The van der Waals surface area contributed by atoms with Crippen molar-refractivity contribution in [1.82, 2.24) is 15.5 Å². The van der Waals surface area contributed by atoms with Gasteiger partial charge in [0.15, 0.2) is 0 Å². The van der Waals surface area contributed by atoms with E-state index in [2.05, 4.69) is 27.7 Å². The molecule has 0 spiro atoms. The summed E-state index contributed by atoms with van der Waals surface area (Å²) in [4.78, 5) is 26.9. The number of hydrogen-bond donors (Lipinski definition) is 2. The van der Waals surface area contributed by atoms with Gasteiger partial charge in [0, 0.05) is 24.7 Å². The summed E-state index contributed by atoms with van der Waals surface area (Å²) in [5.74, 6) is -0.163. The zero-order valence-corrected chi connectivity index (χ0v) is 17.3. The molecule has 6 heteroatoms. The van der Waals surface area contributed by atoms with Gasteiger partial charge < -0.3 is 10.6 Å². The van der Waals surface area contributed by atoms with Crippen LogP contribution in [0.4, 0.5) is 0 Å². The first-order valence-corrected chi connectivity index (χ1v) is 10.6. The molecular formula is C23H28ClN3O2. The molecule has 0 saturated carbocycles. The van der Waals surface area contributed by atoms with Crippen LogP contribution in [0.5, 0.6) is 0 Å². The Bertz CT molecular complexity index is 813. The van der Waals surface area contributed by atoms with Crippen LogP contribution in [0.1, 0.15) is 24.0 Å². The maximum absolute atomic E-state index is 12.4. The van der Waals surface area contributed by atoms with E-state index in [1.807, 2.05) is 42.5 Å². The van der Waals surface area contributed by atoms with E-state index in [0.29, 0.717) is 24.5 Å². The van der Waals surface area contributed by atoms with Gasteiger partial charge >= 0.3 is 0 Å². The number of halogens is 1. The van der Waals surface area contributed by atoms with Crippen molar-refractivity contribution in [1.29, 1.82) is 0 Å². The lowest BCUT2D eigenvalue weighted by Gasteiger charge is -2.34. The summed E-state index contributed by atoms with van der Waals surface area (Å²) in [5, 5.41) is 6.52. The number of amides is 2. The number of carbonyl (C=O) groups excluding carboxylic acids is 2. The Morgan fingerprint density at radius 1 is 1.10 bits per heavy atom. The van der Waals surface area contributed by atoms with Crippen molar-refractivity contribution in [3.8, 4) is 0 Å². The second-order valence-electron chi connectivity index (χ2n) is 7.33. The standard InChI is InChI=1S/C23H28ClN3O2/c24-20-11-5-4-10-19(20)12-13-25-22(28)17-21-23(29)26-14-16-27(21)15-6-9-18-7-2-1-3-8-18/h1-5,7-8,10-11,21H,6,9,12-17H2,(H,25,28)(H,26,29). The summed E-state index contributed by atoms with van der Waals surface area (Å²) in [6.07, 6.45) is 2.78. The Labute approximate surface area is 177 Å². The van der Waals surface area contributed by atoms with Crippen molar-refractivity contribution in [3.05, 3.63) is 70.7 Å². The summed E-state index contributed by atoms with van der Waals surface area (Å²) >= 11 is 6.15. The number of hydrogen-bond acceptors (Lipinski definition) is 3. The van der Waals surface area contributed by atoms with E-state index in [4.69, 9.17) is 11.6 Å². The van der Waals surface area contributed by atoms with E-state index < -0.39 is 6.04 Å². The van der Waals surface area contributed by atoms with Gasteiger partial charge in [-0.25, -0.2) is 0 Å². The van der Waals surface area contributed by atoms with E-state index in [-0.39, 0.29) is 18.2 Å². The average molecular weight is 414 g/mol. The maximum Gasteiger partial charge on any atom is 0.237 e. The SMILES string of the molecule is O=C(CC1C(=O)NCCN1CCCc1ccccc1)NCCc1ccccc1Cl. The van der Waals surface area contributed by atoms with Crippen molar-refractivity contribution in [2.24, 2.45) is 0 Å². The Morgan fingerprint density at radius 3 is 2.66 bits per heavy atom. The molecule has 1 aliphatic heterocycles. The molecule has 5 nitrogen and oxygen atoms in total. The smallest absolute Gasteiger partial charge is 0.237 e. The molecule has 0 aromatic heterocycles. The molecule has 1 atom stereocenters. The molecule has 0 radical (unpaired) electrons. The van der Waals surface area contributed by atoms with Crippen LogP contribution in [-0.2, 0) is 22.4 Å². The van der Waals surface area contributed by atoms with Gasteiger partial charge in [-0.2, -0.15) is 0 Å². The number of carbonyl (C=O) groups is 2. The average Bonchev–Trinajstić information content (AvgIpc) is 2.72. The summed E-state index contributed by atoms with van der Waals surface area (Å²) < 4.78 is 0. The topological polar surface area (TPSA) is 61.4 Å². The van der Waals surface area contributed by atoms with E-state index in [9.17, 15) is 9.59 Å². The highest BCUT2D eigenvalue weighted by Gasteiger charge is 2.31. The minimum absolute atomic E-state index is 0.0581. The zero-order chi connectivity index (χ0) is 20.5. The molecule has 1 heterocycles. The van der Waals surface area contributed by atoms with Crippen LogP contribution < -0.4 is 10.6 Å². The van der Waals surface area contributed by atoms with Crippen molar-refractivity contribution in [3.63, 3.8) is 0 Å². The number of rotatable bonds is 9. The van der Waals surface area contributed by atoms with Crippen LogP contribution in [0.25, 0.3) is 0 Å². The predicted octanol–water partition coefficient (Wildman–Crippen LogP) is 2.82. The number of benzene rings is 2. The fraction of sp³-hybridized carbons (Fsp3) is 0.391. The third-order valence-electron chi connectivity index (χ3n) is 5.25. The van der Waals surface area contributed by atoms with Gasteiger partial charge in [-0.1, -0.05) is 60.1 Å². The van der Waals surface area contributed by atoms with Gasteiger partial charge in [-0.05, 0) is 43.0 Å². The summed E-state index contributed by atoms with van der Waals surface area (Å²) in [6, 6.07) is 17.5. The number of piperazine rings is 1. The van der Waals surface area contributed by atoms with Crippen LogP contribution in [0, 0.1) is 0 Å². The quantitative estimate of drug-likeness (QED) is 0.664. The van der Waals surface area contributed by atoms with E-state index in [1.54, 1.807) is 0 Å². The lowest BCUT2D eigenvalue weighted by atomic mass is 10.1. The maximum atomic E-state index is 12.4. The Balaban J connectivity index is 1.46. The van der Waals surface area contributed by atoms with Gasteiger partial charge in [-0.15, -0.1) is 0 Å². The molecular weight excluding hydrogens is 386 g/mol. The number of aryl methyl sites for hydroxylation is 1. The van der Waals surface area contributed by atoms with E-state index >= 15 is 0 Å². The normalized spacial score (nSPS) is 17.0. The highest BCUT2D eigenvalue weighted by molar-refractivity contribution is 6.31. The lowest BCUT2D eigenvalue weighted by molar-refractivity contribution is -0.133. The van der Waals surface area contributed by atoms with Crippen molar-refractivity contribution >= 4 is 23.4 Å². The summed E-state index contributed by atoms with van der Waals surface area (Å²) in [7, 11) is 0. The molecule has 2 aromatic carbocycles. The number of nitrogens with zero attached hydrogens (tertiary/aromatic N) is 1. The fourth-order valence-corrected chi connectivity index (χ4v) is 3.90. The van der Waals surface area contributed by atoms with Crippen LogP contribution in [0.3, 0.4) is 0 Å². The highest BCUT2D eigenvalue weighted by Crippen LogP contribution is 2.15. The minimum Gasteiger partial charge on any atom is -0.356 e. The minimum atomic E-state index is -0.403. The zero-order valence-electron chi connectivity index (χ0n) is 16.6. The van der Waals surface area contributed by atoms with Crippen LogP contribution in [0.2, 0.25) is 5.02 Å². The van der Waals surface area contributed by atoms with Gasteiger partial charge in [0.05, 0.1) is 12.5 Å². The Kier molecular flexibility index (Phi) is 8.08. The van der Waals surface area contributed by atoms with Crippen LogP contribution >= 0.6 is 11.6 Å². The molecule has 29 heavy (non-hydrogen) atoms. The van der Waals surface area contributed by atoms with Gasteiger partial charge in [-0.3, -0.25) is 14.5 Å². The van der Waals surface area contributed by atoms with Crippen molar-refractivity contribution in [2.75, 3.05) is 26.2 Å². The Morgan fingerprint density at radius 2 is 1.86 bits per heavy atom. The summed E-state index contributed by atoms with van der Waals surface area (Å²) in [6.45, 7) is 2.72. The molecule has 154 valence electrons. The predicted molar refractivity (Wildman–Crippen MR) is 116 cm³/mol. The largest absolute Gasteiger partial charge is 0.356 e. The molecule has 1 unspecified atom stereocenters. The molecule has 1 saturated heterocycles. The highest BCUT2D eigenvalue weighted by atomic mass is 35.5. The second-order valence-corrected chi connectivity index (χ2v) is 7.73. The van der Waals surface area contributed by atoms with Gasteiger partial charge in [0.1, 0.15) is 0 Å². The molecule has 1 fully saturated rings. The fourth-order valence-electron chi connectivity index (χ4n) is 3.67. The first-order chi connectivity index (χ1) is 14.1. The molecule has 2 amide bonds. The van der Waals surface area contributed by atoms with Crippen molar-refractivity contribution < 1.29 is 9.59 Å². The van der Waals surface area contributed by atoms with Crippen LogP contribution in [0.15, 0.2) is 54.6 Å². The van der Waals surface area contributed by atoms with Crippen LogP contribution in [-0.4, -0.2) is 48.9 Å². The molecule has 0 aliphatic carbocycles. The monoisotopic (exact) mass is 413 g/mol. The molecule has 3 rings (SSSR count).